The second-order valence-electron chi connectivity index (χ2n) is 8.88. The van der Waals surface area contributed by atoms with Gasteiger partial charge < -0.3 is 19.7 Å². The molecular formula is C28H39KO4. The van der Waals surface area contributed by atoms with Crippen LogP contribution in [0.2, 0.25) is 0 Å². The van der Waals surface area contributed by atoms with E-state index in [0.717, 1.165) is 25.7 Å². The van der Waals surface area contributed by atoms with Gasteiger partial charge in [-0.3, -0.25) is 0 Å². The third kappa shape index (κ3) is 11.7. The van der Waals surface area contributed by atoms with Crippen molar-refractivity contribution in [1.82, 2.24) is 0 Å². The zero-order valence-corrected chi connectivity index (χ0v) is 24.9. The van der Waals surface area contributed by atoms with Crippen molar-refractivity contribution >= 4 is 5.97 Å². The van der Waals surface area contributed by atoms with Crippen LogP contribution in [0.1, 0.15) is 88.7 Å². The van der Waals surface area contributed by atoms with Crippen molar-refractivity contribution in [3.05, 3.63) is 69.4 Å². The monoisotopic (exact) mass is 478 g/mol. The Morgan fingerprint density at radius 2 is 1.39 bits per heavy atom. The molecule has 0 aliphatic rings. The molecule has 0 heterocycles. The van der Waals surface area contributed by atoms with Gasteiger partial charge in [0.15, 0.2) is 0 Å². The quantitative estimate of drug-likeness (QED) is 0.370. The van der Waals surface area contributed by atoms with Gasteiger partial charge in [-0.15, -0.1) is 0 Å². The number of ether oxygens (including phenoxy) is 1. The molecule has 0 aliphatic heterocycles. The van der Waals surface area contributed by atoms with Crippen molar-refractivity contribution in [2.45, 2.75) is 80.1 Å². The number of hydrogen-bond donors (Lipinski definition) is 1. The van der Waals surface area contributed by atoms with Gasteiger partial charge in [-0.25, -0.2) is 0 Å². The fourth-order valence-corrected chi connectivity index (χ4v) is 3.45. The third-order valence-corrected chi connectivity index (χ3v) is 5.38. The smallest absolute Gasteiger partial charge is 0.545 e. The number of carboxylic acid groups (broad SMARTS) is 1. The summed E-state index contributed by atoms with van der Waals surface area (Å²) in [5.41, 5.74) is 5.73. The first kappa shape index (κ1) is 31.9. The van der Waals surface area contributed by atoms with E-state index in [1.54, 1.807) is 6.07 Å². The van der Waals surface area contributed by atoms with Gasteiger partial charge in [0.2, 0.25) is 0 Å². The summed E-state index contributed by atoms with van der Waals surface area (Å²) >= 11 is 0. The van der Waals surface area contributed by atoms with Crippen molar-refractivity contribution < 1.29 is 71.1 Å². The minimum absolute atomic E-state index is 0. The number of rotatable bonds is 12. The van der Waals surface area contributed by atoms with Crippen LogP contribution >= 0.6 is 0 Å². The average molecular weight is 479 g/mol. The molecule has 0 bridgehead atoms. The number of phenols is 1. The van der Waals surface area contributed by atoms with Gasteiger partial charge >= 0.3 is 51.4 Å². The first-order valence-electron chi connectivity index (χ1n) is 11.3. The van der Waals surface area contributed by atoms with Gasteiger partial charge in [-0.1, -0.05) is 46.6 Å². The minimum atomic E-state index is -1.37. The number of carbonyl (C=O) groups is 1. The van der Waals surface area contributed by atoms with Crippen LogP contribution < -0.4 is 61.2 Å². The molecule has 0 aromatic heterocycles. The molecule has 5 heteroatoms. The standard InChI is InChI=1S/C28H40O4.K/c1-19(2)10-8-12-21(5)14-16-23-18-25(32-7)24(27(29)26(23)28(30)31)17-15-22(6)13-9-11-20(3)4;/h10-11,14-15,18,29H,8-9,12-13,16-17H2,1-7H3,(H,30,31);/q;+1/p-1/b21-14+,22-15+;. The van der Waals surface area contributed by atoms with Gasteiger partial charge in [0.1, 0.15) is 11.5 Å². The summed E-state index contributed by atoms with van der Waals surface area (Å²) < 4.78 is 5.50. The van der Waals surface area contributed by atoms with E-state index in [1.807, 2.05) is 26.0 Å². The Balaban J connectivity index is 0.0000102. The van der Waals surface area contributed by atoms with E-state index in [1.165, 1.54) is 29.4 Å². The molecule has 1 N–H and O–H groups in total. The Morgan fingerprint density at radius 3 is 1.82 bits per heavy atom. The Kier molecular flexibility index (Phi) is 15.9. The second-order valence-corrected chi connectivity index (χ2v) is 8.88. The normalized spacial score (nSPS) is 11.5. The molecule has 176 valence electrons. The van der Waals surface area contributed by atoms with Gasteiger partial charge in [0.25, 0.3) is 0 Å². The first-order chi connectivity index (χ1) is 15.1. The summed E-state index contributed by atoms with van der Waals surface area (Å²) in [5, 5.41) is 22.7. The number of benzene rings is 1. The molecule has 1 aromatic carbocycles. The topological polar surface area (TPSA) is 69.6 Å². The molecule has 0 saturated heterocycles. The summed E-state index contributed by atoms with van der Waals surface area (Å²) in [6.45, 7) is 12.4. The fourth-order valence-electron chi connectivity index (χ4n) is 3.45. The molecule has 0 saturated carbocycles. The maximum absolute atomic E-state index is 11.9. The number of carboxylic acids is 1. The Hall–Kier alpha value is -1.11. The van der Waals surface area contributed by atoms with Crippen LogP contribution in [-0.2, 0) is 12.8 Å². The molecule has 4 nitrogen and oxygen atoms in total. The molecule has 0 fully saturated rings. The predicted molar refractivity (Wildman–Crippen MR) is 131 cm³/mol. The number of carbonyl (C=O) groups excluding carboxylic acids is 1. The van der Waals surface area contributed by atoms with Crippen LogP contribution in [-0.4, -0.2) is 18.2 Å². The van der Waals surface area contributed by atoms with Crippen molar-refractivity contribution in [3.63, 3.8) is 0 Å². The van der Waals surface area contributed by atoms with E-state index >= 15 is 0 Å². The number of aromatic carboxylic acids is 1. The maximum atomic E-state index is 11.9. The largest absolute Gasteiger partial charge is 1.00 e. The molecule has 0 aliphatic carbocycles. The van der Waals surface area contributed by atoms with Crippen molar-refractivity contribution in [1.29, 1.82) is 0 Å². The molecule has 0 spiro atoms. The van der Waals surface area contributed by atoms with Gasteiger partial charge in [0, 0.05) is 11.1 Å². The fraction of sp³-hybridized carbons (Fsp3) is 0.464. The Morgan fingerprint density at radius 1 is 0.909 bits per heavy atom. The average Bonchev–Trinajstić information content (AvgIpc) is 2.70. The van der Waals surface area contributed by atoms with E-state index in [4.69, 9.17) is 4.74 Å². The molecule has 1 aromatic rings. The summed E-state index contributed by atoms with van der Waals surface area (Å²) in [6.07, 6.45) is 12.9. The van der Waals surface area contributed by atoms with Crippen LogP contribution in [0.25, 0.3) is 0 Å². The van der Waals surface area contributed by atoms with Crippen LogP contribution in [0.3, 0.4) is 0 Å². The molecule has 0 amide bonds. The Bertz CT molecular complexity index is 912. The summed E-state index contributed by atoms with van der Waals surface area (Å²) in [7, 11) is 1.53. The minimum Gasteiger partial charge on any atom is -0.545 e. The molecule has 1 rings (SSSR count). The zero-order valence-electron chi connectivity index (χ0n) is 21.8. The number of hydrogen-bond acceptors (Lipinski definition) is 4. The summed E-state index contributed by atoms with van der Waals surface area (Å²) in [6, 6.07) is 1.71. The van der Waals surface area contributed by atoms with E-state index in [-0.39, 0.29) is 62.7 Å². The number of aromatic hydroxyl groups is 1. The second kappa shape index (κ2) is 16.5. The van der Waals surface area contributed by atoms with E-state index < -0.39 is 5.97 Å². The van der Waals surface area contributed by atoms with Crippen LogP contribution in [0.15, 0.2) is 52.7 Å². The Labute approximate surface area is 242 Å². The third-order valence-electron chi connectivity index (χ3n) is 5.38. The molecule has 0 radical (unpaired) electrons. The summed E-state index contributed by atoms with van der Waals surface area (Å²) in [4.78, 5) is 11.9. The van der Waals surface area contributed by atoms with E-state index in [2.05, 4.69) is 39.8 Å². The van der Waals surface area contributed by atoms with E-state index in [0.29, 0.717) is 29.7 Å². The SMILES string of the molecule is COc1cc(C/C=C(\C)CCC=C(C)C)c(C(=O)[O-])c(O)c1C/C=C(\C)CCC=C(C)C.[K+]. The van der Waals surface area contributed by atoms with Gasteiger partial charge in [-0.2, -0.15) is 0 Å². The summed E-state index contributed by atoms with van der Waals surface area (Å²) in [5.74, 6) is -1.14. The van der Waals surface area contributed by atoms with Crippen molar-refractivity contribution in [2.24, 2.45) is 0 Å². The predicted octanol–water partition coefficient (Wildman–Crippen LogP) is 3.24. The number of methoxy groups -OCH3 is 1. The molecule has 0 unspecified atom stereocenters. The number of allylic oxidation sites excluding steroid dienone is 8. The van der Waals surface area contributed by atoms with Crippen LogP contribution in [0.4, 0.5) is 0 Å². The van der Waals surface area contributed by atoms with Crippen LogP contribution in [0.5, 0.6) is 11.5 Å². The van der Waals surface area contributed by atoms with Gasteiger partial charge in [-0.05, 0) is 91.7 Å². The molecule has 0 atom stereocenters. The molecular weight excluding hydrogens is 439 g/mol. The van der Waals surface area contributed by atoms with Gasteiger partial charge in [0.05, 0.1) is 13.1 Å². The molecule has 33 heavy (non-hydrogen) atoms. The maximum Gasteiger partial charge on any atom is 1.00 e. The zero-order chi connectivity index (χ0) is 24.3. The van der Waals surface area contributed by atoms with Crippen molar-refractivity contribution in [2.75, 3.05) is 7.11 Å². The van der Waals surface area contributed by atoms with Crippen LogP contribution in [0, 0.1) is 0 Å². The van der Waals surface area contributed by atoms with Crippen molar-refractivity contribution in [3.8, 4) is 11.5 Å². The first-order valence-corrected chi connectivity index (χ1v) is 11.3. The van der Waals surface area contributed by atoms with E-state index in [9.17, 15) is 15.0 Å².